The maximum absolute atomic E-state index is 8.46. The van der Waals surface area contributed by atoms with E-state index in [-0.39, 0.29) is 0 Å². The van der Waals surface area contributed by atoms with Crippen molar-refractivity contribution in [2.45, 2.75) is 19.1 Å². The molecule has 4 aromatic rings. The van der Waals surface area contributed by atoms with E-state index in [0.717, 1.165) is 16.8 Å². The van der Waals surface area contributed by atoms with E-state index < -0.39 is 19.1 Å². The molecule has 0 saturated carbocycles. The van der Waals surface area contributed by atoms with Crippen molar-refractivity contribution in [3.05, 3.63) is 96.1 Å². The molecule has 1 nitrogen and oxygen atoms in total. The number of nitrogens with one attached hydrogen (secondary N) is 1. The zero-order valence-electron chi connectivity index (χ0n) is 20.1. The van der Waals surface area contributed by atoms with Crippen molar-refractivity contribution >= 4 is 22.1 Å². The molecular weight excluding hydrogens is 314 g/mol. The quantitative estimate of drug-likeness (QED) is 0.418. The van der Waals surface area contributed by atoms with Gasteiger partial charge in [-0.05, 0) is 45.8 Å². The first-order valence-electron chi connectivity index (χ1n) is 11.6. The van der Waals surface area contributed by atoms with Crippen LogP contribution in [0, 0.1) is 0 Å². The van der Waals surface area contributed by atoms with Crippen LogP contribution >= 0.6 is 0 Å². The normalized spacial score (nSPS) is 18.5. The summed E-state index contributed by atoms with van der Waals surface area (Å²) in [5.41, 5.74) is 1.55. The van der Waals surface area contributed by atoms with E-state index in [1.54, 1.807) is 12.1 Å². The van der Waals surface area contributed by atoms with Gasteiger partial charge < -0.3 is 5.32 Å². The van der Waals surface area contributed by atoms with Crippen molar-refractivity contribution in [2.24, 2.45) is 0 Å². The average Bonchev–Trinajstić information content (AvgIpc) is 3.06. The predicted octanol–water partition coefficient (Wildman–Crippen LogP) is 6.89. The van der Waals surface area contributed by atoms with Crippen molar-refractivity contribution in [1.82, 2.24) is 0 Å². The largest absolute Gasteiger partial charge is 0.355 e. The highest BCUT2D eigenvalue weighted by molar-refractivity contribution is 6.05. The summed E-state index contributed by atoms with van der Waals surface area (Å²) in [7, 11) is 0. The predicted molar refractivity (Wildman–Crippen MR) is 111 cm³/mol. The Kier molecular flexibility index (Phi) is 2.14. The van der Waals surface area contributed by atoms with Gasteiger partial charge in [0.2, 0.25) is 0 Å². The molecule has 0 aliphatic heterocycles. The smallest absolute Gasteiger partial charge is 0.0470 e. The average molecular weight is 341 g/mol. The molecular formula is C25H21N. The molecule has 0 heterocycles. The number of benzene rings is 4. The Morgan fingerprint density at radius 1 is 0.731 bits per heavy atom. The van der Waals surface area contributed by atoms with Crippen molar-refractivity contribution in [1.29, 1.82) is 0 Å². The van der Waals surface area contributed by atoms with Crippen molar-refractivity contribution in [3.63, 3.8) is 0 Å². The summed E-state index contributed by atoms with van der Waals surface area (Å²) < 4.78 is 50.8. The van der Waals surface area contributed by atoms with Crippen LogP contribution in [-0.2, 0) is 5.41 Å². The number of fused-ring (bicyclic) bond motifs is 5. The van der Waals surface area contributed by atoms with Gasteiger partial charge in [0.1, 0.15) is 0 Å². The standard InChI is InChI=1S/C25H21N/c1-25(2)22-15-9-8-12-18(22)21-16-23(26-17-10-4-3-5-11-17)19-13-6-7-14-20(19)24(21)25/h3-16,26H,1-2H3/i1D3,2D3. The summed E-state index contributed by atoms with van der Waals surface area (Å²) in [5.74, 6) is 0. The molecule has 4 aromatic carbocycles. The first kappa shape index (κ1) is 10.2. The minimum Gasteiger partial charge on any atom is -0.355 e. The van der Waals surface area contributed by atoms with Crippen LogP contribution in [0.25, 0.3) is 21.9 Å². The lowest BCUT2D eigenvalue weighted by molar-refractivity contribution is 0.666. The van der Waals surface area contributed by atoms with Gasteiger partial charge in [0.25, 0.3) is 0 Å². The second-order valence-electron chi connectivity index (χ2n) is 6.68. The number of hydrogen-bond donors (Lipinski definition) is 1. The Bertz CT molecular complexity index is 1310. The summed E-state index contributed by atoms with van der Waals surface area (Å²) in [5, 5.41) is 4.84. The first-order chi connectivity index (χ1) is 15.2. The highest BCUT2D eigenvalue weighted by Gasteiger charge is 2.37. The van der Waals surface area contributed by atoms with E-state index in [2.05, 4.69) is 5.32 Å². The van der Waals surface area contributed by atoms with Gasteiger partial charge in [0, 0.05) is 30.4 Å². The Labute approximate surface area is 162 Å². The third-order valence-corrected chi connectivity index (χ3v) is 5.09. The lowest BCUT2D eigenvalue weighted by atomic mass is 9.80. The van der Waals surface area contributed by atoms with Crippen molar-refractivity contribution in [3.8, 4) is 11.1 Å². The minimum absolute atomic E-state index is 0.331. The number of para-hydroxylation sites is 1. The van der Waals surface area contributed by atoms with Gasteiger partial charge in [0.15, 0.2) is 0 Å². The molecule has 5 rings (SSSR count). The molecule has 0 radical (unpaired) electrons. The highest BCUT2D eigenvalue weighted by Crippen LogP contribution is 2.52. The van der Waals surface area contributed by atoms with Crippen LogP contribution in [0.5, 0.6) is 0 Å². The van der Waals surface area contributed by atoms with Gasteiger partial charge in [-0.3, -0.25) is 0 Å². The molecule has 1 aliphatic rings. The molecule has 126 valence electrons. The van der Waals surface area contributed by atoms with Gasteiger partial charge in [-0.2, -0.15) is 0 Å². The van der Waals surface area contributed by atoms with Gasteiger partial charge in [0.05, 0.1) is 0 Å². The van der Waals surface area contributed by atoms with Crippen LogP contribution in [0.2, 0.25) is 0 Å². The lowest BCUT2D eigenvalue weighted by Gasteiger charge is -2.24. The van der Waals surface area contributed by atoms with E-state index in [1.165, 1.54) is 0 Å². The molecule has 0 spiro atoms. The lowest BCUT2D eigenvalue weighted by Crippen LogP contribution is -2.15. The van der Waals surface area contributed by atoms with Crippen molar-refractivity contribution < 1.29 is 8.22 Å². The monoisotopic (exact) mass is 341 g/mol. The number of rotatable bonds is 2. The number of anilines is 2. The third kappa shape index (κ3) is 2.10. The first-order valence-corrected chi connectivity index (χ1v) is 8.64. The second-order valence-corrected chi connectivity index (χ2v) is 6.68. The van der Waals surface area contributed by atoms with E-state index in [1.807, 2.05) is 72.8 Å². The van der Waals surface area contributed by atoms with Gasteiger partial charge >= 0.3 is 0 Å². The summed E-state index contributed by atoms with van der Waals surface area (Å²) in [4.78, 5) is 0. The van der Waals surface area contributed by atoms with Gasteiger partial charge in [-0.25, -0.2) is 0 Å². The van der Waals surface area contributed by atoms with Crippen LogP contribution in [0.15, 0.2) is 84.9 Å². The zero-order chi connectivity index (χ0) is 22.7. The van der Waals surface area contributed by atoms with Crippen LogP contribution < -0.4 is 5.32 Å². The summed E-state index contributed by atoms with van der Waals surface area (Å²) in [6.07, 6.45) is 0. The summed E-state index contributed by atoms with van der Waals surface area (Å²) >= 11 is 0. The Balaban J connectivity index is 1.93. The fraction of sp³-hybridized carbons (Fsp3) is 0.120. The highest BCUT2D eigenvalue weighted by atomic mass is 14.9. The number of hydrogen-bond acceptors (Lipinski definition) is 1. The molecule has 26 heavy (non-hydrogen) atoms. The molecule has 1 N–H and O–H groups in total. The Hall–Kier alpha value is -3.06. The van der Waals surface area contributed by atoms with Crippen LogP contribution in [0.4, 0.5) is 11.4 Å². The topological polar surface area (TPSA) is 12.0 Å². The summed E-state index contributed by atoms with van der Waals surface area (Å²) in [6, 6.07) is 26.0. The Morgan fingerprint density at radius 3 is 2.23 bits per heavy atom. The van der Waals surface area contributed by atoms with E-state index in [9.17, 15) is 0 Å². The van der Waals surface area contributed by atoms with Crippen LogP contribution in [0.3, 0.4) is 0 Å². The Morgan fingerprint density at radius 2 is 1.42 bits per heavy atom. The van der Waals surface area contributed by atoms with E-state index >= 15 is 0 Å². The second kappa shape index (κ2) is 5.47. The molecule has 0 fully saturated rings. The molecule has 1 heteroatoms. The molecule has 0 saturated heterocycles. The van der Waals surface area contributed by atoms with Crippen LogP contribution in [0.1, 0.15) is 33.1 Å². The van der Waals surface area contributed by atoms with Gasteiger partial charge in [-0.1, -0.05) is 80.4 Å². The third-order valence-electron chi connectivity index (χ3n) is 5.09. The maximum atomic E-state index is 8.46. The zero-order valence-corrected chi connectivity index (χ0v) is 14.1. The molecule has 0 atom stereocenters. The fourth-order valence-electron chi connectivity index (χ4n) is 3.95. The van der Waals surface area contributed by atoms with Crippen LogP contribution in [-0.4, -0.2) is 0 Å². The van der Waals surface area contributed by atoms with Gasteiger partial charge in [-0.15, -0.1) is 0 Å². The molecule has 1 aliphatic carbocycles. The summed E-state index contributed by atoms with van der Waals surface area (Å²) in [6.45, 7) is -5.56. The SMILES string of the molecule is [2H]C([2H])([2H])C1(C([2H])([2H])[2H])c2ccccc2-c2cc(Nc3ccccc3)c3ccccc3c21. The maximum Gasteiger partial charge on any atom is 0.0470 e. The minimum atomic E-state index is -2.78. The molecule has 0 bridgehead atoms. The molecule has 0 unspecified atom stereocenters. The van der Waals surface area contributed by atoms with E-state index in [4.69, 9.17) is 8.22 Å². The van der Waals surface area contributed by atoms with Crippen molar-refractivity contribution in [2.75, 3.05) is 5.32 Å². The molecule has 0 aromatic heterocycles. The van der Waals surface area contributed by atoms with E-state index in [0.29, 0.717) is 27.6 Å². The fourth-order valence-corrected chi connectivity index (χ4v) is 3.95. The molecule has 0 amide bonds.